The summed E-state index contributed by atoms with van der Waals surface area (Å²) < 4.78 is 0. The van der Waals surface area contributed by atoms with E-state index in [1.807, 2.05) is 0 Å². The third kappa shape index (κ3) is 18.4. The van der Waals surface area contributed by atoms with Gasteiger partial charge in [-0.15, -0.1) is 0 Å². The summed E-state index contributed by atoms with van der Waals surface area (Å²) in [6, 6.07) is 0. The third-order valence-corrected chi connectivity index (χ3v) is 0. The molecule has 22 valence electrons. The summed E-state index contributed by atoms with van der Waals surface area (Å²) in [5.41, 5.74) is 0. The van der Waals surface area contributed by atoms with Crippen molar-refractivity contribution < 1.29 is 108 Å². The Morgan fingerprint density at radius 3 is 1.00 bits per heavy atom. The van der Waals surface area contributed by atoms with Crippen LogP contribution in [0.3, 0.4) is 0 Å². The number of hydrogen-bond donors (Lipinski definition) is 1. The number of hydrogen-bond acceptors (Lipinski definition) is 1. The van der Waals surface area contributed by atoms with Gasteiger partial charge >= 0.3 is 103 Å². The summed E-state index contributed by atoms with van der Waals surface area (Å²) in [5, 5.41) is 7.00. The van der Waals surface area contributed by atoms with Gasteiger partial charge in [0.25, 0.3) is 0 Å². The molecule has 0 radical (unpaired) electrons. The first-order valence-corrected chi connectivity index (χ1v) is 0.447. The molecule has 0 spiro atoms. The molecule has 0 aliphatic heterocycles. The van der Waals surface area contributed by atoms with E-state index in [-0.39, 0.29) is 116 Å². The Hall–Kier alpha value is 3.58. The van der Waals surface area contributed by atoms with Gasteiger partial charge in [-0.05, 0) is 0 Å². The van der Waals surface area contributed by atoms with E-state index in [1.165, 1.54) is 0 Å². The Balaban J connectivity index is -0.00000000167. The van der Waals surface area contributed by atoms with Gasteiger partial charge in [-0.25, -0.2) is 0 Å². The van der Waals surface area contributed by atoms with Crippen molar-refractivity contribution in [2.24, 2.45) is 0 Å². The van der Waals surface area contributed by atoms with Gasteiger partial charge in [-0.3, -0.25) is 0 Å². The van der Waals surface area contributed by atoms with E-state index in [0.717, 1.165) is 7.11 Å². The zero-order chi connectivity index (χ0) is 2.00. The molecule has 0 aliphatic rings. The van der Waals surface area contributed by atoms with Gasteiger partial charge in [-0.2, -0.15) is 0 Å². The summed E-state index contributed by atoms with van der Waals surface area (Å²) >= 11 is 0. The number of aliphatic hydroxyl groups excluding tert-OH is 1. The van der Waals surface area contributed by atoms with Crippen molar-refractivity contribution >= 4 is 13.5 Å². The van der Waals surface area contributed by atoms with E-state index in [2.05, 4.69) is 0 Å². The van der Waals surface area contributed by atoms with Crippen LogP contribution in [0.25, 0.3) is 0 Å². The fraction of sp³-hybridized carbons (Fsp3) is 1.00. The smallest absolute Gasteiger partial charge is 1.00 e. The zero-order valence-corrected chi connectivity index (χ0v) is 10.9. The molecule has 1 nitrogen and oxygen atoms in total. The molecular formula is CH4K2OS. The van der Waals surface area contributed by atoms with Crippen molar-refractivity contribution in [3.05, 3.63) is 0 Å². The molecule has 4 heteroatoms. The van der Waals surface area contributed by atoms with Gasteiger partial charge in [0.15, 0.2) is 0 Å². The van der Waals surface area contributed by atoms with E-state index in [0.29, 0.717) is 0 Å². The molecule has 0 amide bonds. The number of rotatable bonds is 0. The van der Waals surface area contributed by atoms with Crippen LogP contribution in [-0.4, -0.2) is 12.2 Å². The van der Waals surface area contributed by atoms with Crippen molar-refractivity contribution in [1.29, 1.82) is 0 Å². The minimum absolute atomic E-state index is 0. The molecule has 0 bridgehead atoms. The van der Waals surface area contributed by atoms with E-state index in [9.17, 15) is 0 Å². The van der Waals surface area contributed by atoms with E-state index in [4.69, 9.17) is 5.11 Å². The Labute approximate surface area is 125 Å². The predicted octanol–water partition coefficient (Wildman–Crippen LogP) is -6.39. The van der Waals surface area contributed by atoms with Crippen LogP contribution in [0.4, 0.5) is 0 Å². The van der Waals surface area contributed by atoms with Crippen molar-refractivity contribution in [2.45, 2.75) is 0 Å². The molecule has 0 rings (SSSR count). The first kappa shape index (κ1) is 23.5. The van der Waals surface area contributed by atoms with Crippen molar-refractivity contribution in [3.63, 3.8) is 0 Å². The van der Waals surface area contributed by atoms with Crippen LogP contribution < -0.4 is 103 Å². The van der Waals surface area contributed by atoms with Gasteiger partial charge < -0.3 is 18.6 Å². The first-order valence-electron chi connectivity index (χ1n) is 0.447. The van der Waals surface area contributed by atoms with Gasteiger partial charge in [0.05, 0.1) is 0 Å². The Morgan fingerprint density at radius 2 is 1.00 bits per heavy atom. The third-order valence-electron chi connectivity index (χ3n) is 0. The monoisotopic (exact) mass is 142 g/mol. The molecule has 0 aromatic carbocycles. The summed E-state index contributed by atoms with van der Waals surface area (Å²) in [6.07, 6.45) is 0. The van der Waals surface area contributed by atoms with Crippen molar-refractivity contribution in [1.82, 2.24) is 0 Å². The molecule has 0 aromatic rings. The largest absolute Gasteiger partial charge is 2.00 e. The predicted molar refractivity (Wildman–Crippen MR) is 15.5 cm³/mol. The number of aliphatic hydroxyl groups is 1. The van der Waals surface area contributed by atoms with E-state index < -0.39 is 0 Å². The molecule has 0 atom stereocenters. The minimum Gasteiger partial charge on any atom is -2.00 e. The van der Waals surface area contributed by atoms with E-state index in [1.54, 1.807) is 0 Å². The molecule has 0 aliphatic carbocycles. The summed E-state index contributed by atoms with van der Waals surface area (Å²) in [7, 11) is 1.00. The molecule has 1 N–H and O–H groups in total. The maximum Gasteiger partial charge on any atom is 1.00 e. The second-order valence-corrected chi connectivity index (χ2v) is 0. The van der Waals surface area contributed by atoms with Gasteiger partial charge in [0, 0.05) is 7.11 Å². The van der Waals surface area contributed by atoms with Crippen molar-refractivity contribution in [2.75, 3.05) is 7.11 Å². The molecule has 0 saturated heterocycles. The quantitative estimate of drug-likeness (QED) is 0.334. The maximum absolute atomic E-state index is 7.00. The molecule has 0 heterocycles. The van der Waals surface area contributed by atoms with Gasteiger partial charge in [-0.1, -0.05) is 0 Å². The van der Waals surface area contributed by atoms with Crippen LogP contribution in [0.1, 0.15) is 0 Å². The molecule has 0 fully saturated rings. The molecule has 5 heavy (non-hydrogen) atoms. The topological polar surface area (TPSA) is 20.2 Å². The summed E-state index contributed by atoms with van der Waals surface area (Å²) in [6.45, 7) is 0. The van der Waals surface area contributed by atoms with Crippen LogP contribution in [0.5, 0.6) is 0 Å². The second kappa shape index (κ2) is 25.6. The second-order valence-electron chi connectivity index (χ2n) is 0. The summed E-state index contributed by atoms with van der Waals surface area (Å²) in [4.78, 5) is 0. The molecule has 0 saturated carbocycles. The van der Waals surface area contributed by atoms with Crippen LogP contribution >= 0.6 is 0 Å². The van der Waals surface area contributed by atoms with Gasteiger partial charge in [0.2, 0.25) is 0 Å². The molecular weight excluding hydrogens is 138 g/mol. The maximum atomic E-state index is 7.00. The Bertz CT molecular complexity index is 9.61. The fourth-order valence-electron chi connectivity index (χ4n) is 0. The Morgan fingerprint density at radius 1 is 1.00 bits per heavy atom. The normalized spacial score (nSPS) is 1.20. The Kier molecular flexibility index (Phi) is 120. The molecule has 0 aromatic heterocycles. The average molecular weight is 142 g/mol. The van der Waals surface area contributed by atoms with E-state index >= 15 is 0 Å². The average Bonchev–Trinajstić information content (AvgIpc) is 1.00. The zero-order valence-electron chi connectivity index (χ0n) is 3.86. The summed E-state index contributed by atoms with van der Waals surface area (Å²) in [5.74, 6) is 0. The standard InChI is InChI=1S/CH4O.2K.S/c1-2;;;/h2H,1H3;;;/q;2*+1;-2. The van der Waals surface area contributed by atoms with Crippen LogP contribution in [-0.2, 0) is 13.5 Å². The van der Waals surface area contributed by atoms with Crippen molar-refractivity contribution in [3.8, 4) is 0 Å². The van der Waals surface area contributed by atoms with Crippen LogP contribution in [0.2, 0.25) is 0 Å². The minimum atomic E-state index is 0. The van der Waals surface area contributed by atoms with Gasteiger partial charge in [0.1, 0.15) is 0 Å². The van der Waals surface area contributed by atoms with Crippen LogP contribution in [0.15, 0.2) is 0 Å². The SMILES string of the molecule is CO.[K+].[K+].[S-2]. The fourth-order valence-corrected chi connectivity index (χ4v) is 0. The van der Waals surface area contributed by atoms with Crippen LogP contribution in [0, 0.1) is 0 Å². The first-order chi connectivity index (χ1) is 1.00. The molecule has 0 unspecified atom stereocenters.